The van der Waals surface area contributed by atoms with Crippen LogP contribution in [0.3, 0.4) is 0 Å². The zero-order valence-electron chi connectivity index (χ0n) is 20.8. The van der Waals surface area contributed by atoms with Gasteiger partial charge in [-0.15, -0.1) is 0 Å². The number of hydrogen-bond donors (Lipinski definition) is 1. The Kier molecular flexibility index (Phi) is 8.14. The molecule has 8 heteroatoms. The highest BCUT2D eigenvalue weighted by molar-refractivity contribution is 6.30. The Bertz CT molecular complexity index is 1290. The molecule has 1 aliphatic heterocycles. The van der Waals surface area contributed by atoms with Crippen molar-refractivity contribution in [3.05, 3.63) is 88.9 Å². The van der Waals surface area contributed by atoms with E-state index in [2.05, 4.69) is 0 Å². The SMILES string of the molecule is CC(=O)N(c1ccc(Cl)cc1)[C@@H]1C[C@H](C)N(C(=O)c2cccc(OCCCC(=O)O)c2)c2ccccc21. The topological polar surface area (TPSA) is 87.2 Å². The molecule has 2 amide bonds. The van der Waals surface area contributed by atoms with Gasteiger partial charge in [-0.1, -0.05) is 35.9 Å². The van der Waals surface area contributed by atoms with Gasteiger partial charge in [0.15, 0.2) is 0 Å². The van der Waals surface area contributed by atoms with E-state index < -0.39 is 5.97 Å². The number of fused-ring (bicyclic) bond motifs is 1. The van der Waals surface area contributed by atoms with E-state index in [1.807, 2.05) is 43.3 Å². The number of carbonyl (C=O) groups is 3. The first-order valence-electron chi connectivity index (χ1n) is 12.2. The van der Waals surface area contributed by atoms with Crippen LogP contribution in [0.25, 0.3) is 0 Å². The van der Waals surface area contributed by atoms with Gasteiger partial charge < -0.3 is 19.6 Å². The monoisotopic (exact) mass is 520 g/mol. The highest BCUT2D eigenvalue weighted by Gasteiger charge is 2.38. The maximum Gasteiger partial charge on any atom is 0.303 e. The standard InChI is InChI=1S/C29H29ClN2O5/c1-19-17-27(32(20(2)33)23-14-12-22(30)13-15-23)25-9-3-4-10-26(25)31(19)29(36)21-7-5-8-24(18-21)37-16-6-11-28(34)35/h3-5,7-10,12-15,18-19,27H,6,11,16-17H2,1-2H3,(H,34,35)/t19-,27+/m0/s1. The third-order valence-electron chi connectivity index (χ3n) is 6.42. The molecule has 3 aromatic carbocycles. The van der Waals surface area contributed by atoms with Gasteiger partial charge in [-0.3, -0.25) is 14.4 Å². The number of rotatable bonds is 8. The molecule has 0 fully saturated rings. The van der Waals surface area contributed by atoms with Crippen LogP contribution in [0, 0.1) is 0 Å². The lowest BCUT2D eigenvalue weighted by Gasteiger charge is -2.43. The number of nitrogens with zero attached hydrogens (tertiary/aromatic N) is 2. The van der Waals surface area contributed by atoms with Gasteiger partial charge in [0.2, 0.25) is 5.91 Å². The van der Waals surface area contributed by atoms with Gasteiger partial charge in [0, 0.05) is 41.3 Å². The number of anilines is 2. The van der Waals surface area contributed by atoms with E-state index in [1.165, 1.54) is 0 Å². The summed E-state index contributed by atoms with van der Waals surface area (Å²) in [4.78, 5) is 40.9. The first-order chi connectivity index (χ1) is 17.8. The molecule has 0 bridgehead atoms. The maximum atomic E-state index is 13.8. The summed E-state index contributed by atoms with van der Waals surface area (Å²) in [5.41, 5.74) is 2.86. The van der Waals surface area contributed by atoms with Crippen molar-refractivity contribution in [2.75, 3.05) is 16.4 Å². The Labute approximate surface area is 221 Å². The summed E-state index contributed by atoms with van der Waals surface area (Å²) in [7, 11) is 0. The highest BCUT2D eigenvalue weighted by atomic mass is 35.5. The van der Waals surface area contributed by atoms with E-state index in [9.17, 15) is 14.4 Å². The molecule has 0 spiro atoms. The number of halogens is 1. The second-order valence-electron chi connectivity index (χ2n) is 9.07. The molecule has 0 radical (unpaired) electrons. The second-order valence-corrected chi connectivity index (χ2v) is 9.51. The Balaban J connectivity index is 1.63. The number of benzene rings is 3. The number of ether oxygens (including phenoxy) is 1. The number of carboxylic acid groups (broad SMARTS) is 1. The predicted octanol–water partition coefficient (Wildman–Crippen LogP) is 6.12. The lowest BCUT2D eigenvalue weighted by atomic mass is 9.89. The molecule has 0 aliphatic carbocycles. The summed E-state index contributed by atoms with van der Waals surface area (Å²) in [6.07, 6.45) is 0.956. The van der Waals surface area contributed by atoms with Crippen LogP contribution in [0.15, 0.2) is 72.8 Å². The second kappa shape index (κ2) is 11.5. The molecule has 1 N–H and O–H groups in total. The summed E-state index contributed by atoms with van der Waals surface area (Å²) in [5.74, 6) is -0.627. The minimum Gasteiger partial charge on any atom is -0.494 e. The zero-order valence-corrected chi connectivity index (χ0v) is 21.5. The number of para-hydroxylation sites is 1. The number of amides is 2. The van der Waals surface area contributed by atoms with E-state index in [-0.39, 0.29) is 36.9 Å². The summed E-state index contributed by atoms with van der Waals surface area (Å²) in [6, 6.07) is 21.3. The molecule has 0 aromatic heterocycles. The van der Waals surface area contributed by atoms with E-state index in [4.69, 9.17) is 21.4 Å². The van der Waals surface area contributed by atoms with Gasteiger partial charge >= 0.3 is 5.97 Å². The normalized spacial score (nSPS) is 16.6. The first kappa shape index (κ1) is 26.2. The van der Waals surface area contributed by atoms with Crippen LogP contribution in [-0.2, 0) is 9.59 Å². The largest absolute Gasteiger partial charge is 0.494 e. The minimum absolute atomic E-state index is 0.0230. The Morgan fingerprint density at radius 1 is 1.05 bits per heavy atom. The summed E-state index contributed by atoms with van der Waals surface area (Å²) < 4.78 is 5.68. The molecule has 2 atom stereocenters. The number of carbonyl (C=O) groups excluding carboxylic acids is 2. The third kappa shape index (κ3) is 5.94. The van der Waals surface area contributed by atoms with Crippen LogP contribution in [0.4, 0.5) is 11.4 Å². The van der Waals surface area contributed by atoms with Crippen LogP contribution >= 0.6 is 11.6 Å². The molecule has 1 heterocycles. The van der Waals surface area contributed by atoms with Gasteiger partial charge in [0.05, 0.1) is 12.6 Å². The van der Waals surface area contributed by atoms with Crippen molar-refractivity contribution in [2.24, 2.45) is 0 Å². The minimum atomic E-state index is -0.872. The molecule has 37 heavy (non-hydrogen) atoms. The van der Waals surface area contributed by atoms with Crippen LogP contribution in [0.1, 0.15) is 55.1 Å². The number of aliphatic carboxylic acids is 1. The Morgan fingerprint density at radius 3 is 2.49 bits per heavy atom. The van der Waals surface area contributed by atoms with Crippen LogP contribution in [0.5, 0.6) is 5.75 Å². The van der Waals surface area contributed by atoms with Gasteiger partial charge in [0.25, 0.3) is 5.91 Å². The lowest BCUT2D eigenvalue weighted by Crippen LogP contribution is -2.47. The van der Waals surface area contributed by atoms with E-state index in [0.717, 1.165) is 16.9 Å². The molecule has 7 nitrogen and oxygen atoms in total. The van der Waals surface area contributed by atoms with Gasteiger partial charge in [0.1, 0.15) is 5.75 Å². The molecule has 0 unspecified atom stereocenters. The molecule has 3 aromatic rings. The van der Waals surface area contributed by atoms with Crippen molar-refractivity contribution in [3.8, 4) is 5.75 Å². The molecule has 192 valence electrons. The fourth-order valence-electron chi connectivity index (χ4n) is 4.79. The third-order valence-corrected chi connectivity index (χ3v) is 6.67. The smallest absolute Gasteiger partial charge is 0.303 e. The fraction of sp³-hybridized carbons (Fsp3) is 0.276. The molecular weight excluding hydrogens is 492 g/mol. The molecule has 0 saturated heterocycles. The van der Waals surface area contributed by atoms with Crippen molar-refractivity contribution in [1.82, 2.24) is 0 Å². The van der Waals surface area contributed by atoms with Crippen molar-refractivity contribution in [2.45, 2.75) is 45.2 Å². The van der Waals surface area contributed by atoms with Crippen molar-refractivity contribution < 1.29 is 24.2 Å². The van der Waals surface area contributed by atoms with Crippen molar-refractivity contribution >= 4 is 40.8 Å². The molecule has 4 rings (SSSR count). The van der Waals surface area contributed by atoms with Gasteiger partial charge in [-0.25, -0.2) is 0 Å². The quantitative estimate of drug-likeness (QED) is 0.362. The number of hydrogen-bond acceptors (Lipinski definition) is 4. The summed E-state index contributed by atoms with van der Waals surface area (Å²) >= 11 is 6.08. The fourth-order valence-corrected chi connectivity index (χ4v) is 4.92. The first-order valence-corrected chi connectivity index (χ1v) is 12.6. The predicted molar refractivity (Wildman–Crippen MR) is 143 cm³/mol. The van der Waals surface area contributed by atoms with E-state index >= 15 is 0 Å². The Hall–Kier alpha value is -3.84. The van der Waals surface area contributed by atoms with Gasteiger partial charge in [-0.2, -0.15) is 0 Å². The lowest BCUT2D eigenvalue weighted by molar-refractivity contribution is -0.137. The van der Waals surface area contributed by atoms with E-state index in [0.29, 0.717) is 29.2 Å². The van der Waals surface area contributed by atoms with Crippen molar-refractivity contribution in [3.63, 3.8) is 0 Å². The Morgan fingerprint density at radius 2 is 1.78 bits per heavy atom. The highest BCUT2D eigenvalue weighted by Crippen LogP contribution is 2.43. The summed E-state index contributed by atoms with van der Waals surface area (Å²) in [6.45, 7) is 3.77. The average Bonchev–Trinajstić information content (AvgIpc) is 2.87. The molecule has 0 saturated carbocycles. The number of carboxylic acids is 1. The molecular formula is C29H29ClN2O5. The van der Waals surface area contributed by atoms with Crippen molar-refractivity contribution in [1.29, 1.82) is 0 Å². The van der Waals surface area contributed by atoms with Gasteiger partial charge in [-0.05, 0) is 73.9 Å². The zero-order chi connectivity index (χ0) is 26.5. The molecule has 1 aliphatic rings. The summed E-state index contributed by atoms with van der Waals surface area (Å²) in [5, 5.41) is 9.40. The van der Waals surface area contributed by atoms with Crippen LogP contribution in [0.2, 0.25) is 5.02 Å². The maximum absolute atomic E-state index is 13.8. The van der Waals surface area contributed by atoms with Crippen LogP contribution < -0.4 is 14.5 Å². The average molecular weight is 521 g/mol. The van der Waals surface area contributed by atoms with E-state index in [1.54, 1.807) is 53.1 Å². The van der Waals surface area contributed by atoms with Crippen LogP contribution in [-0.4, -0.2) is 35.5 Å².